The molecule has 2 aromatic carbocycles. The molecule has 144 valence electrons. The Labute approximate surface area is 162 Å². The maximum Gasteiger partial charge on any atom is 0.251 e. The Kier molecular flexibility index (Phi) is 7.02. The van der Waals surface area contributed by atoms with Crippen LogP contribution in [0.15, 0.2) is 48.5 Å². The molecule has 1 aliphatic rings. The molecule has 1 N–H and O–H groups in total. The van der Waals surface area contributed by atoms with Gasteiger partial charge in [-0.15, -0.1) is 0 Å². The molecule has 4 heteroatoms. The van der Waals surface area contributed by atoms with E-state index in [1.54, 1.807) is 0 Å². The van der Waals surface area contributed by atoms with E-state index in [9.17, 15) is 4.79 Å². The lowest BCUT2D eigenvalue weighted by atomic mass is 10.1. The van der Waals surface area contributed by atoms with Crippen molar-refractivity contribution in [2.45, 2.75) is 52.5 Å². The van der Waals surface area contributed by atoms with Gasteiger partial charge in [-0.1, -0.05) is 36.4 Å². The van der Waals surface area contributed by atoms with Crippen LogP contribution >= 0.6 is 0 Å². The van der Waals surface area contributed by atoms with E-state index in [4.69, 9.17) is 4.74 Å². The van der Waals surface area contributed by atoms with Crippen molar-refractivity contribution in [3.8, 4) is 0 Å². The van der Waals surface area contributed by atoms with Crippen molar-refractivity contribution in [2.75, 3.05) is 13.1 Å². The summed E-state index contributed by atoms with van der Waals surface area (Å²) in [5.41, 5.74) is 4.26. The third-order valence-electron chi connectivity index (χ3n) is 4.95. The number of nitrogens with one attached hydrogen (secondary N) is 1. The zero-order chi connectivity index (χ0) is 19.1. The zero-order valence-electron chi connectivity index (χ0n) is 16.4. The van der Waals surface area contributed by atoms with Crippen molar-refractivity contribution in [1.29, 1.82) is 0 Å². The van der Waals surface area contributed by atoms with Gasteiger partial charge in [-0.25, -0.2) is 0 Å². The number of carbonyl (C=O) groups is 1. The number of likely N-dealkylation sites (tertiary alicyclic amines) is 1. The molecule has 0 unspecified atom stereocenters. The fourth-order valence-corrected chi connectivity index (χ4v) is 3.36. The van der Waals surface area contributed by atoms with Crippen LogP contribution in [0.2, 0.25) is 0 Å². The molecule has 4 nitrogen and oxygen atoms in total. The average molecular weight is 367 g/mol. The maximum absolute atomic E-state index is 12.5. The van der Waals surface area contributed by atoms with Crippen LogP contribution < -0.4 is 5.32 Å². The molecule has 0 atom stereocenters. The number of amides is 1. The van der Waals surface area contributed by atoms with Crippen molar-refractivity contribution in [1.82, 2.24) is 10.2 Å². The molecule has 2 aromatic rings. The number of benzene rings is 2. The van der Waals surface area contributed by atoms with Crippen molar-refractivity contribution in [3.05, 3.63) is 70.8 Å². The van der Waals surface area contributed by atoms with Gasteiger partial charge in [0, 0.05) is 18.7 Å². The van der Waals surface area contributed by atoms with E-state index in [-0.39, 0.29) is 12.0 Å². The third-order valence-corrected chi connectivity index (χ3v) is 4.95. The van der Waals surface area contributed by atoms with E-state index in [1.165, 1.54) is 37.1 Å². The Morgan fingerprint density at radius 3 is 2.37 bits per heavy atom. The number of ether oxygens (including phenoxy) is 1. The van der Waals surface area contributed by atoms with Gasteiger partial charge in [0.15, 0.2) is 0 Å². The Morgan fingerprint density at radius 1 is 1.04 bits per heavy atom. The molecule has 0 saturated carbocycles. The van der Waals surface area contributed by atoms with Crippen LogP contribution in [0.4, 0.5) is 0 Å². The minimum atomic E-state index is -0.0395. The summed E-state index contributed by atoms with van der Waals surface area (Å²) >= 11 is 0. The van der Waals surface area contributed by atoms with Gasteiger partial charge in [-0.3, -0.25) is 9.69 Å². The average Bonchev–Trinajstić information content (AvgIpc) is 3.19. The fraction of sp³-hybridized carbons (Fsp3) is 0.435. The van der Waals surface area contributed by atoms with Gasteiger partial charge < -0.3 is 10.1 Å². The molecule has 27 heavy (non-hydrogen) atoms. The molecule has 1 fully saturated rings. The molecule has 0 spiro atoms. The topological polar surface area (TPSA) is 41.6 Å². The summed E-state index contributed by atoms with van der Waals surface area (Å²) in [6.07, 6.45) is 2.78. The molecule has 1 heterocycles. The van der Waals surface area contributed by atoms with Crippen molar-refractivity contribution < 1.29 is 9.53 Å². The molecule has 0 radical (unpaired) electrons. The van der Waals surface area contributed by atoms with E-state index >= 15 is 0 Å². The maximum atomic E-state index is 12.5. The highest BCUT2D eigenvalue weighted by atomic mass is 16.5. The lowest BCUT2D eigenvalue weighted by Gasteiger charge is -2.17. The Bertz CT molecular complexity index is 734. The van der Waals surface area contributed by atoms with Gasteiger partial charge in [-0.05, 0) is 68.6 Å². The monoisotopic (exact) mass is 366 g/mol. The van der Waals surface area contributed by atoms with Crippen LogP contribution in [0.1, 0.15) is 53.7 Å². The highest BCUT2D eigenvalue weighted by Crippen LogP contribution is 2.16. The molecule has 1 saturated heterocycles. The first-order valence-electron chi connectivity index (χ1n) is 9.89. The van der Waals surface area contributed by atoms with Crippen LogP contribution in [0, 0.1) is 0 Å². The largest absolute Gasteiger partial charge is 0.374 e. The van der Waals surface area contributed by atoms with E-state index in [1.807, 2.05) is 44.2 Å². The van der Waals surface area contributed by atoms with Gasteiger partial charge in [0.1, 0.15) is 0 Å². The van der Waals surface area contributed by atoms with E-state index < -0.39 is 0 Å². The Hall–Kier alpha value is -2.17. The second kappa shape index (κ2) is 9.67. The number of hydrogen-bond acceptors (Lipinski definition) is 3. The summed E-state index contributed by atoms with van der Waals surface area (Å²) < 4.78 is 5.60. The normalized spacial score (nSPS) is 14.6. The lowest BCUT2D eigenvalue weighted by Crippen LogP contribution is -2.25. The van der Waals surface area contributed by atoms with Crippen LogP contribution in [-0.4, -0.2) is 30.0 Å². The fourth-order valence-electron chi connectivity index (χ4n) is 3.36. The van der Waals surface area contributed by atoms with Gasteiger partial charge in [0.05, 0.1) is 12.7 Å². The standard InChI is InChI=1S/C23H30N2O2/c1-18(2)27-17-19-9-11-20(12-10-19)23(26)24-15-21-7-3-4-8-22(21)16-25-13-5-6-14-25/h3-4,7-12,18H,5-6,13-17H2,1-2H3,(H,24,26). The first-order chi connectivity index (χ1) is 13.1. The number of nitrogens with zero attached hydrogens (tertiary/aromatic N) is 1. The molecular formula is C23H30N2O2. The van der Waals surface area contributed by atoms with E-state index in [2.05, 4.69) is 28.4 Å². The quantitative estimate of drug-likeness (QED) is 0.763. The van der Waals surface area contributed by atoms with Crippen LogP contribution in [0.3, 0.4) is 0 Å². The van der Waals surface area contributed by atoms with E-state index in [0.29, 0.717) is 18.7 Å². The second-order valence-corrected chi connectivity index (χ2v) is 7.49. The van der Waals surface area contributed by atoms with Gasteiger partial charge >= 0.3 is 0 Å². The van der Waals surface area contributed by atoms with Crippen LogP contribution in [-0.2, 0) is 24.4 Å². The number of rotatable bonds is 8. The van der Waals surface area contributed by atoms with Crippen LogP contribution in [0.5, 0.6) is 0 Å². The number of carbonyl (C=O) groups excluding carboxylic acids is 1. The zero-order valence-corrected chi connectivity index (χ0v) is 16.4. The predicted octanol–water partition coefficient (Wildman–Crippen LogP) is 4.14. The first kappa shape index (κ1) is 19.6. The predicted molar refractivity (Wildman–Crippen MR) is 108 cm³/mol. The SMILES string of the molecule is CC(C)OCc1ccc(C(=O)NCc2ccccc2CN2CCCC2)cc1. The minimum Gasteiger partial charge on any atom is -0.374 e. The molecule has 1 amide bonds. The molecule has 0 bridgehead atoms. The lowest BCUT2D eigenvalue weighted by molar-refractivity contribution is 0.0657. The molecule has 0 aromatic heterocycles. The smallest absolute Gasteiger partial charge is 0.251 e. The summed E-state index contributed by atoms with van der Waals surface area (Å²) in [4.78, 5) is 15.0. The second-order valence-electron chi connectivity index (χ2n) is 7.49. The van der Waals surface area contributed by atoms with Crippen molar-refractivity contribution in [2.24, 2.45) is 0 Å². The summed E-state index contributed by atoms with van der Waals surface area (Å²) in [5, 5.41) is 3.06. The summed E-state index contributed by atoms with van der Waals surface area (Å²) in [6, 6.07) is 16.0. The summed E-state index contributed by atoms with van der Waals surface area (Å²) in [7, 11) is 0. The molecule has 0 aliphatic carbocycles. The van der Waals surface area contributed by atoms with Gasteiger partial charge in [0.25, 0.3) is 5.91 Å². The van der Waals surface area contributed by atoms with Crippen LogP contribution in [0.25, 0.3) is 0 Å². The van der Waals surface area contributed by atoms with Crippen molar-refractivity contribution in [3.63, 3.8) is 0 Å². The Balaban J connectivity index is 1.56. The highest BCUT2D eigenvalue weighted by molar-refractivity contribution is 5.94. The van der Waals surface area contributed by atoms with Crippen molar-refractivity contribution >= 4 is 5.91 Å². The molecular weight excluding hydrogens is 336 g/mol. The first-order valence-corrected chi connectivity index (χ1v) is 9.89. The Morgan fingerprint density at radius 2 is 1.70 bits per heavy atom. The summed E-state index contributed by atoms with van der Waals surface area (Å²) in [6.45, 7) is 8.48. The summed E-state index contributed by atoms with van der Waals surface area (Å²) in [5.74, 6) is -0.0395. The number of hydrogen-bond donors (Lipinski definition) is 1. The third kappa shape index (κ3) is 5.91. The molecule has 1 aliphatic heterocycles. The van der Waals surface area contributed by atoms with E-state index in [0.717, 1.165) is 12.1 Å². The molecule has 3 rings (SSSR count). The van der Waals surface area contributed by atoms with Gasteiger partial charge in [0.2, 0.25) is 0 Å². The minimum absolute atomic E-state index is 0.0395. The highest BCUT2D eigenvalue weighted by Gasteiger charge is 2.14. The van der Waals surface area contributed by atoms with Gasteiger partial charge in [-0.2, -0.15) is 0 Å².